The maximum absolute atomic E-state index is 8.67. The SMILES string of the molecule is NC(=O)[O-].NC(=O)[O-].NC(=O)[O-].[Bi+3]. The molecule has 0 saturated heterocycles. The summed E-state index contributed by atoms with van der Waals surface area (Å²) in [5.74, 6) is 0. The maximum atomic E-state index is 8.67. The van der Waals surface area contributed by atoms with Crippen LogP contribution in [0.1, 0.15) is 0 Å². The van der Waals surface area contributed by atoms with E-state index in [1.807, 2.05) is 0 Å². The van der Waals surface area contributed by atoms with Gasteiger partial charge in [-0.2, -0.15) is 0 Å². The predicted molar refractivity (Wildman–Crippen MR) is 34.5 cm³/mol. The summed E-state index contributed by atoms with van der Waals surface area (Å²) in [6, 6.07) is 0. The third-order valence-electron chi connectivity index (χ3n) is 0. The second kappa shape index (κ2) is 17.0. The Morgan fingerprint density at radius 3 is 0.692 bits per heavy atom. The molecule has 0 rings (SSSR count). The van der Waals surface area contributed by atoms with Crippen molar-refractivity contribution in [2.45, 2.75) is 0 Å². The van der Waals surface area contributed by atoms with Crippen LogP contribution in [0.4, 0.5) is 14.4 Å². The molecule has 0 unspecified atom stereocenters. The van der Waals surface area contributed by atoms with Gasteiger partial charge < -0.3 is 46.9 Å². The second-order valence-corrected chi connectivity index (χ2v) is 0.957. The van der Waals surface area contributed by atoms with Gasteiger partial charge in [-0.3, -0.25) is 0 Å². The number of primary amides is 3. The fourth-order valence-corrected chi connectivity index (χ4v) is 0. The number of carbonyl (C=O) groups is 3. The van der Waals surface area contributed by atoms with Gasteiger partial charge >= 0.3 is 26.2 Å². The molecule has 10 heteroatoms. The fourth-order valence-electron chi connectivity index (χ4n) is 0. The average molecular weight is 389 g/mol. The van der Waals surface area contributed by atoms with Crippen molar-refractivity contribution in [1.29, 1.82) is 0 Å². The Hall–Kier alpha value is -1.31. The molecule has 0 aliphatic rings. The first-order valence-electron chi connectivity index (χ1n) is 2.09. The van der Waals surface area contributed by atoms with Gasteiger partial charge in [-0.05, 0) is 0 Å². The average Bonchev–Trinajstić information content (AvgIpc) is 1.54. The van der Waals surface area contributed by atoms with E-state index in [9.17, 15) is 0 Å². The van der Waals surface area contributed by atoms with Gasteiger partial charge in [-0.25, -0.2) is 0 Å². The summed E-state index contributed by atoms with van der Waals surface area (Å²) in [7, 11) is 0. The van der Waals surface area contributed by atoms with Crippen molar-refractivity contribution in [2.24, 2.45) is 17.2 Å². The first-order chi connectivity index (χ1) is 5.20. The Morgan fingerprint density at radius 1 is 0.692 bits per heavy atom. The molecule has 0 bridgehead atoms. The molecule has 2 radical (unpaired) electrons. The molecule has 0 aliphatic heterocycles. The van der Waals surface area contributed by atoms with E-state index in [1.165, 1.54) is 0 Å². The summed E-state index contributed by atoms with van der Waals surface area (Å²) in [5, 5.41) is 26.0. The zero-order chi connectivity index (χ0) is 10.7. The largest absolute Gasteiger partial charge is 3.00 e. The molecule has 13 heavy (non-hydrogen) atoms. The normalized spacial score (nSPS) is 5.54. The van der Waals surface area contributed by atoms with Crippen LogP contribution in [0.5, 0.6) is 0 Å². The number of rotatable bonds is 0. The van der Waals surface area contributed by atoms with Crippen LogP contribution in [0, 0.1) is 0 Å². The molecule has 0 aliphatic carbocycles. The number of hydrogen-bond acceptors (Lipinski definition) is 6. The molecule has 0 aromatic heterocycles. The first-order valence-corrected chi connectivity index (χ1v) is 2.09. The number of carboxylic acid groups (broad SMARTS) is 3. The van der Waals surface area contributed by atoms with E-state index in [4.69, 9.17) is 29.7 Å². The number of amides is 3. The Labute approximate surface area is 91.6 Å². The van der Waals surface area contributed by atoms with Gasteiger partial charge in [-0.15, -0.1) is 0 Å². The van der Waals surface area contributed by atoms with Gasteiger partial charge in [0.15, 0.2) is 0 Å². The van der Waals surface area contributed by atoms with Crippen LogP contribution in [-0.4, -0.2) is 44.5 Å². The van der Waals surface area contributed by atoms with Gasteiger partial charge in [-0.1, -0.05) is 0 Å². The van der Waals surface area contributed by atoms with Gasteiger partial charge in [0.1, 0.15) is 18.3 Å². The van der Waals surface area contributed by atoms with E-state index in [-0.39, 0.29) is 26.2 Å². The smallest absolute Gasteiger partial charge is 0.530 e. The minimum Gasteiger partial charge on any atom is -0.530 e. The molecule has 6 N–H and O–H groups in total. The standard InChI is InChI=1S/3CH3NO2.Bi/c3*2-1(3)4;/h3*2H2,(H,3,4);/q;;;+3/p-3. The van der Waals surface area contributed by atoms with Crippen LogP contribution >= 0.6 is 0 Å². The van der Waals surface area contributed by atoms with Crippen LogP contribution in [0.3, 0.4) is 0 Å². The van der Waals surface area contributed by atoms with Crippen LogP contribution in [0.2, 0.25) is 0 Å². The first kappa shape index (κ1) is 22.6. The molecule has 0 aromatic carbocycles. The van der Waals surface area contributed by atoms with Crippen molar-refractivity contribution in [2.75, 3.05) is 0 Å². The van der Waals surface area contributed by atoms with Gasteiger partial charge in [0.25, 0.3) is 0 Å². The van der Waals surface area contributed by atoms with Crippen molar-refractivity contribution in [3.8, 4) is 0 Å². The van der Waals surface area contributed by atoms with Crippen molar-refractivity contribution in [1.82, 2.24) is 0 Å². The monoisotopic (exact) mass is 389 g/mol. The number of carbonyl (C=O) groups excluding carboxylic acids is 3. The van der Waals surface area contributed by atoms with E-state index >= 15 is 0 Å². The van der Waals surface area contributed by atoms with E-state index < -0.39 is 18.3 Å². The van der Waals surface area contributed by atoms with E-state index in [0.29, 0.717) is 0 Å². The minimum absolute atomic E-state index is 0. The Bertz CT molecular complexity index is 121. The second-order valence-electron chi connectivity index (χ2n) is 0.957. The predicted octanol–water partition coefficient (Wildman–Crippen LogP) is -5.52. The van der Waals surface area contributed by atoms with Crippen molar-refractivity contribution < 1.29 is 29.7 Å². The number of hydrogen-bond donors (Lipinski definition) is 3. The third kappa shape index (κ3) is 473. The molecular weight excluding hydrogens is 383 g/mol. The van der Waals surface area contributed by atoms with Gasteiger partial charge in [0, 0.05) is 0 Å². The molecule has 0 spiro atoms. The van der Waals surface area contributed by atoms with Crippen molar-refractivity contribution in [3.63, 3.8) is 0 Å². The van der Waals surface area contributed by atoms with Crippen molar-refractivity contribution >= 4 is 44.5 Å². The van der Waals surface area contributed by atoms with E-state index in [2.05, 4.69) is 17.2 Å². The number of nitrogens with two attached hydrogens (primary N) is 3. The Balaban J connectivity index is -0.0000000450. The summed E-state index contributed by atoms with van der Waals surface area (Å²) in [4.78, 5) is 26.0. The minimum atomic E-state index is -1.58. The van der Waals surface area contributed by atoms with E-state index in [1.54, 1.807) is 0 Å². The molecule has 9 nitrogen and oxygen atoms in total. The molecule has 0 heterocycles. The molecule has 0 saturated carbocycles. The molecule has 0 aromatic rings. The Kier molecular flexibility index (Phi) is 29.5. The van der Waals surface area contributed by atoms with Crippen LogP contribution in [-0.2, 0) is 0 Å². The van der Waals surface area contributed by atoms with Gasteiger partial charge in [0.2, 0.25) is 0 Å². The summed E-state index contributed by atoms with van der Waals surface area (Å²) >= 11 is 0. The molecular formula is C3H6BiN3O6. The quantitative estimate of drug-likeness (QED) is 0.345. The van der Waals surface area contributed by atoms with Crippen LogP contribution < -0.4 is 32.5 Å². The van der Waals surface area contributed by atoms with Gasteiger partial charge in [0.05, 0.1) is 0 Å². The summed E-state index contributed by atoms with van der Waals surface area (Å²) < 4.78 is 0. The van der Waals surface area contributed by atoms with Crippen molar-refractivity contribution in [3.05, 3.63) is 0 Å². The van der Waals surface area contributed by atoms with E-state index in [0.717, 1.165) is 0 Å². The zero-order valence-corrected chi connectivity index (χ0v) is 9.61. The summed E-state index contributed by atoms with van der Waals surface area (Å²) in [5.41, 5.74) is 11.8. The van der Waals surface area contributed by atoms with Crippen LogP contribution in [0.25, 0.3) is 0 Å². The molecule has 74 valence electrons. The molecule has 0 fully saturated rings. The third-order valence-corrected chi connectivity index (χ3v) is 0. The topological polar surface area (TPSA) is 198 Å². The Morgan fingerprint density at radius 2 is 0.692 bits per heavy atom. The maximum Gasteiger partial charge on any atom is 3.00 e. The molecule has 3 amide bonds. The zero-order valence-electron chi connectivity index (χ0n) is 6.13. The fraction of sp³-hybridized carbons (Fsp3) is 0. The summed E-state index contributed by atoms with van der Waals surface area (Å²) in [6.45, 7) is 0. The summed E-state index contributed by atoms with van der Waals surface area (Å²) in [6.07, 6.45) is -4.75. The molecule has 0 atom stereocenters. The van der Waals surface area contributed by atoms with Crippen LogP contribution in [0.15, 0.2) is 0 Å².